The molecule has 2 heterocycles. The number of fused-ring (bicyclic) bond motifs is 1. The van der Waals surface area contributed by atoms with E-state index in [1.54, 1.807) is 7.11 Å². The van der Waals surface area contributed by atoms with Crippen LogP contribution in [0.1, 0.15) is 18.0 Å². The monoisotopic (exact) mass is 260 g/mol. The van der Waals surface area contributed by atoms with E-state index < -0.39 is 0 Å². The number of aryl methyl sites for hydroxylation is 1. The maximum absolute atomic E-state index is 5.51. The van der Waals surface area contributed by atoms with Gasteiger partial charge in [0.25, 0.3) is 0 Å². The normalized spacial score (nSPS) is 20.4. The van der Waals surface area contributed by atoms with Crippen molar-refractivity contribution >= 4 is 10.9 Å². The fourth-order valence-corrected chi connectivity index (χ4v) is 2.78. The van der Waals surface area contributed by atoms with Gasteiger partial charge in [0.05, 0.1) is 19.2 Å². The first-order valence-electron chi connectivity index (χ1n) is 6.73. The van der Waals surface area contributed by atoms with Crippen molar-refractivity contribution in [1.82, 2.24) is 9.88 Å². The van der Waals surface area contributed by atoms with E-state index in [0.717, 1.165) is 31.9 Å². The topological polar surface area (TPSA) is 35.4 Å². The SMILES string of the molecule is COc1ccc2c(C3CCOCCN3)cn(C)c2c1. The second-order valence-corrected chi connectivity index (χ2v) is 4.99. The minimum atomic E-state index is 0.375. The third-order valence-electron chi connectivity index (χ3n) is 3.79. The summed E-state index contributed by atoms with van der Waals surface area (Å²) in [7, 11) is 3.79. The summed E-state index contributed by atoms with van der Waals surface area (Å²) in [6.45, 7) is 2.54. The molecule has 1 unspecified atom stereocenters. The molecule has 1 fully saturated rings. The predicted molar refractivity (Wildman–Crippen MR) is 75.7 cm³/mol. The summed E-state index contributed by atoms with van der Waals surface area (Å²) in [6.07, 6.45) is 3.23. The maximum Gasteiger partial charge on any atom is 0.120 e. The van der Waals surface area contributed by atoms with E-state index in [2.05, 4.69) is 35.3 Å². The van der Waals surface area contributed by atoms with Crippen molar-refractivity contribution in [3.8, 4) is 5.75 Å². The lowest BCUT2D eigenvalue weighted by Gasteiger charge is -2.14. The number of rotatable bonds is 2. The molecule has 1 aliphatic heterocycles. The third kappa shape index (κ3) is 2.33. The molecule has 0 spiro atoms. The van der Waals surface area contributed by atoms with Gasteiger partial charge in [-0.25, -0.2) is 0 Å². The molecular formula is C15H20N2O2. The Hall–Kier alpha value is -1.52. The van der Waals surface area contributed by atoms with Crippen LogP contribution in [-0.2, 0) is 11.8 Å². The summed E-state index contributed by atoms with van der Waals surface area (Å²) in [5, 5.41) is 4.86. The van der Waals surface area contributed by atoms with Crippen LogP contribution in [0.4, 0.5) is 0 Å². The number of benzene rings is 1. The molecule has 4 heteroatoms. The number of nitrogens with one attached hydrogen (secondary N) is 1. The molecule has 1 aromatic heterocycles. The molecule has 0 amide bonds. The highest BCUT2D eigenvalue weighted by atomic mass is 16.5. The molecule has 4 nitrogen and oxygen atoms in total. The van der Waals surface area contributed by atoms with E-state index in [1.807, 2.05) is 6.07 Å². The van der Waals surface area contributed by atoms with E-state index >= 15 is 0 Å². The molecule has 1 saturated heterocycles. The molecule has 2 aromatic rings. The standard InChI is InChI=1S/C15H20N2O2/c1-17-10-13(14-5-7-19-8-6-16-14)12-4-3-11(18-2)9-15(12)17/h3-4,9-10,14,16H,5-8H2,1-2H3. The summed E-state index contributed by atoms with van der Waals surface area (Å²) >= 11 is 0. The van der Waals surface area contributed by atoms with Crippen LogP contribution in [0.5, 0.6) is 5.75 Å². The van der Waals surface area contributed by atoms with Gasteiger partial charge in [-0.3, -0.25) is 0 Å². The number of nitrogens with zero attached hydrogens (tertiary/aromatic N) is 1. The fourth-order valence-electron chi connectivity index (χ4n) is 2.78. The average Bonchev–Trinajstić information content (AvgIpc) is 2.64. The zero-order chi connectivity index (χ0) is 13.2. The molecule has 1 N–H and O–H groups in total. The van der Waals surface area contributed by atoms with Gasteiger partial charge in [0, 0.05) is 43.9 Å². The van der Waals surface area contributed by atoms with E-state index in [1.165, 1.54) is 16.5 Å². The Labute approximate surface area is 113 Å². The smallest absolute Gasteiger partial charge is 0.120 e. The number of ether oxygens (including phenoxy) is 2. The van der Waals surface area contributed by atoms with Gasteiger partial charge < -0.3 is 19.4 Å². The van der Waals surface area contributed by atoms with E-state index in [9.17, 15) is 0 Å². The van der Waals surface area contributed by atoms with E-state index in [4.69, 9.17) is 9.47 Å². The van der Waals surface area contributed by atoms with Crippen LogP contribution < -0.4 is 10.1 Å². The van der Waals surface area contributed by atoms with Gasteiger partial charge in [-0.2, -0.15) is 0 Å². The van der Waals surface area contributed by atoms with Crippen molar-refractivity contribution in [2.24, 2.45) is 7.05 Å². The number of hydrogen-bond donors (Lipinski definition) is 1. The highest BCUT2D eigenvalue weighted by Crippen LogP contribution is 2.30. The number of hydrogen-bond acceptors (Lipinski definition) is 3. The Balaban J connectivity index is 2.03. The number of aromatic nitrogens is 1. The summed E-state index contributed by atoms with van der Waals surface area (Å²) in [4.78, 5) is 0. The summed E-state index contributed by atoms with van der Waals surface area (Å²) in [5.74, 6) is 0.900. The van der Waals surface area contributed by atoms with Crippen LogP contribution >= 0.6 is 0 Å². The van der Waals surface area contributed by atoms with Crippen LogP contribution in [0, 0.1) is 0 Å². The van der Waals surface area contributed by atoms with Gasteiger partial charge in [-0.1, -0.05) is 0 Å². The van der Waals surface area contributed by atoms with Crippen molar-refractivity contribution in [1.29, 1.82) is 0 Å². The Bertz CT molecular complexity index is 569. The van der Waals surface area contributed by atoms with Gasteiger partial charge in [0.2, 0.25) is 0 Å². The van der Waals surface area contributed by atoms with Crippen LogP contribution in [0.15, 0.2) is 24.4 Å². The van der Waals surface area contributed by atoms with Crippen molar-refractivity contribution in [2.75, 3.05) is 26.9 Å². The Morgan fingerprint density at radius 3 is 3.11 bits per heavy atom. The lowest BCUT2D eigenvalue weighted by atomic mass is 10.0. The Kier molecular flexibility index (Phi) is 3.44. The average molecular weight is 260 g/mol. The minimum absolute atomic E-state index is 0.375. The molecule has 102 valence electrons. The van der Waals surface area contributed by atoms with Crippen LogP contribution in [-0.4, -0.2) is 31.4 Å². The van der Waals surface area contributed by atoms with Crippen molar-refractivity contribution in [2.45, 2.75) is 12.5 Å². The van der Waals surface area contributed by atoms with Crippen LogP contribution in [0.2, 0.25) is 0 Å². The summed E-state index contributed by atoms with van der Waals surface area (Å²) in [5.41, 5.74) is 2.56. The molecular weight excluding hydrogens is 240 g/mol. The first-order valence-corrected chi connectivity index (χ1v) is 6.73. The zero-order valence-electron chi connectivity index (χ0n) is 11.5. The quantitative estimate of drug-likeness (QED) is 0.899. The third-order valence-corrected chi connectivity index (χ3v) is 3.79. The van der Waals surface area contributed by atoms with E-state index in [-0.39, 0.29) is 0 Å². The Morgan fingerprint density at radius 2 is 2.26 bits per heavy atom. The van der Waals surface area contributed by atoms with Gasteiger partial charge in [-0.15, -0.1) is 0 Å². The first-order chi connectivity index (χ1) is 9.29. The highest BCUT2D eigenvalue weighted by molar-refractivity contribution is 5.85. The second kappa shape index (κ2) is 5.23. The molecule has 3 rings (SSSR count). The fraction of sp³-hybridized carbons (Fsp3) is 0.467. The first kappa shape index (κ1) is 12.5. The van der Waals surface area contributed by atoms with E-state index in [0.29, 0.717) is 6.04 Å². The number of methoxy groups -OCH3 is 1. The lowest BCUT2D eigenvalue weighted by molar-refractivity contribution is 0.150. The highest BCUT2D eigenvalue weighted by Gasteiger charge is 2.18. The molecule has 1 atom stereocenters. The molecule has 0 bridgehead atoms. The van der Waals surface area contributed by atoms with Gasteiger partial charge in [0.1, 0.15) is 5.75 Å². The predicted octanol–water partition coefficient (Wildman–Crippen LogP) is 2.24. The van der Waals surface area contributed by atoms with Gasteiger partial charge in [-0.05, 0) is 24.1 Å². The Morgan fingerprint density at radius 1 is 1.37 bits per heavy atom. The van der Waals surface area contributed by atoms with Crippen molar-refractivity contribution in [3.63, 3.8) is 0 Å². The molecule has 0 saturated carbocycles. The van der Waals surface area contributed by atoms with Crippen molar-refractivity contribution < 1.29 is 9.47 Å². The summed E-state index contributed by atoms with van der Waals surface area (Å²) < 4.78 is 13.0. The van der Waals surface area contributed by atoms with Crippen molar-refractivity contribution in [3.05, 3.63) is 30.0 Å². The lowest BCUT2D eigenvalue weighted by Crippen LogP contribution is -2.21. The van der Waals surface area contributed by atoms with Crippen LogP contribution in [0.3, 0.4) is 0 Å². The van der Waals surface area contributed by atoms with Crippen LogP contribution in [0.25, 0.3) is 10.9 Å². The minimum Gasteiger partial charge on any atom is -0.497 e. The molecule has 0 aliphatic carbocycles. The van der Waals surface area contributed by atoms with Gasteiger partial charge in [0.15, 0.2) is 0 Å². The molecule has 1 aliphatic rings. The maximum atomic E-state index is 5.51. The van der Waals surface area contributed by atoms with Gasteiger partial charge >= 0.3 is 0 Å². The summed E-state index contributed by atoms with van der Waals surface area (Å²) in [6, 6.07) is 6.64. The largest absolute Gasteiger partial charge is 0.497 e. The molecule has 1 aromatic carbocycles. The zero-order valence-corrected chi connectivity index (χ0v) is 11.5. The molecule has 19 heavy (non-hydrogen) atoms. The second-order valence-electron chi connectivity index (χ2n) is 4.99. The molecule has 0 radical (unpaired) electrons.